The Kier molecular flexibility index (Phi) is 4.37. The van der Waals surface area contributed by atoms with Crippen molar-refractivity contribution in [3.63, 3.8) is 0 Å². The minimum absolute atomic E-state index is 0.533. The van der Waals surface area contributed by atoms with E-state index in [0.717, 1.165) is 36.5 Å². The summed E-state index contributed by atoms with van der Waals surface area (Å²) < 4.78 is 3.86. The summed E-state index contributed by atoms with van der Waals surface area (Å²) in [5.41, 5.74) is 1.87. The lowest BCUT2D eigenvalue weighted by atomic mass is 10.1. The van der Waals surface area contributed by atoms with E-state index in [0.29, 0.717) is 6.42 Å². The fourth-order valence-corrected chi connectivity index (χ4v) is 2.36. The molecule has 0 aliphatic carbocycles. The fraction of sp³-hybridized carbons (Fsp3) is 0.571. The van der Waals surface area contributed by atoms with E-state index in [1.807, 2.05) is 19.4 Å². The first-order chi connectivity index (χ1) is 9.15. The third kappa shape index (κ3) is 3.04. The number of aliphatic hydroxyl groups is 1. The molecule has 2 heterocycles. The monoisotopic (exact) mass is 262 g/mol. The molecule has 0 aliphatic rings. The van der Waals surface area contributed by atoms with E-state index in [9.17, 15) is 5.11 Å². The smallest absolute Gasteiger partial charge is 0.111 e. The number of hydrogen-bond acceptors (Lipinski definition) is 3. The lowest BCUT2D eigenvalue weighted by Crippen LogP contribution is -2.09. The van der Waals surface area contributed by atoms with E-state index in [1.54, 1.807) is 10.9 Å². The van der Waals surface area contributed by atoms with Crippen LogP contribution < -0.4 is 0 Å². The highest BCUT2D eigenvalue weighted by Gasteiger charge is 2.17. The second kappa shape index (κ2) is 6.02. The van der Waals surface area contributed by atoms with Gasteiger partial charge in [-0.05, 0) is 12.8 Å². The molecule has 0 saturated carbocycles. The minimum atomic E-state index is -0.540. The molecule has 0 radical (unpaired) electrons. The first-order valence-corrected chi connectivity index (χ1v) is 6.86. The van der Waals surface area contributed by atoms with Gasteiger partial charge in [0.1, 0.15) is 5.82 Å². The Morgan fingerprint density at radius 1 is 1.37 bits per heavy atom. The topological polar surface area (TPSA) is 55.9 Å². The van der Waals surface area contributed by atoms with Crippen molar-refractivity contribution in [3.05, 3.63) is 35.7 Å². The van der Waals surface area contributed by atoms with E-state index in [4.69, 9.17) is 0 Å². The molecule has 5 heteroatoms. The lowest BCUT2D eigenvalue weighted by Gasteiger charge is -2.11. The fourth-order valence-electron chi connectivity index (χ4n) is 2.36. The Hall–Kier alpha value is -1.62. The summed E-state index contributed by atoms with van der Waals surface area (Å²) in [6.45, 7) is 5.13. The third-order valence-electron chi connectivity index (χ3n) is 3.27. The van der Waals surface area contributed by atoms with Gasteiger partial charge in [0.25, 0.3) is 0 Å². The van der Waals surface area contributed by atoms with Crippen LogP contribution in [0.5, 0.6) is 0 Å². The normalized spacial score (nSPS) is 12.8. The van der Waals surface area contributed by atoms with Gasteiger partial charge in [-0.1, -0.05) is 13.8 Å². The highest BCUT2D eigenvalue weighted by atomic mass is 16.3. The van der Waals surface area contributed by atoms with E-state index in [-0.39, 0.29) is 0 Å². The van der Waals surface area contributed by atoms with Crippen molar-refractivity contribution < 1.29 is 5.11 Å². The number of rotatable bonds is 6. The second-order valence-corrected chi connectivity index (χ2v) is 4.82. The van der Waals surface area contributed by atoms with E-state index in [1.165, 1.54) is 0 Å². The molecule has 2 aromatic rings. The largest absolute Gasteiger partial charge is 0.388 e. The first kappa shape index (κ1) is 13.8. The van der Waals surface area contributed by atoms with Crippen molar-refractivity contribution in [1.29, 1.82) is 0 Å². The van der Waals surface area contributed by atoms with Gasteiger partial charge in [0, 0.05) is 44.2 Å². The molecule has 19 heavy (non-hydrogen) atoms. The minimum Gasteiger partial charge on any atom is -0.388 e. The summed E-state index contributed by atoms with van der Waals surface area (Å²) in [4.78, 5) is 4.34. The summed E-state index contributed by atoms with van der Waals surface area (Å²) in [6.07, 6.45) is 7.55. The Morgan fingerprint density at radius 2 is 2.16 bits per heavy atom. The van der Waals surface area contributed by atoms with Crippen LogP contribution in [0.1, 0.15) is 43.5 Å². The van der Waals surface area contributed by atoms with Crippen LogP contribution in [0.4, 0.5) is 0 Å². The van der Waals surface area contributed by atoms with Crippen LogP contribution in [-0.2, 0) is 26.4 Å². The zero-order valence-corrected chi connectivity index (χ0v) is 11.9. The zero-order valence-electron chi connectivity index (χ0n) is 11.9. The van der Waals surface area contributed by atoms with Crippen molar-refractivity contribution in [3.8, 4) is 0 Å². The van der Waals surface area contributed by atoms with Crippen LogP contribution in [0.15, 0.2) is 18.6 Å². The highest BCUT2D eigenvalue weighted by Crippen LogP contribution is 2.21. The van der Waals surface area contributed by atoms with Crippen LogP contribution in [0.25, 0.3) is 0 Å². The van der Waals surface area contributed by atoms with Gasteiger partial charge in [0.2, 0.25) is 0 Å². The summed E-state index contributed by atoms with van der Waals surface area (Å²) >= 11 is 0. The number of aryl methyl sites for hydroxylation is 3. The Bertz CT molecular complexity index is 529. The third-order valence-corrected chi connectivity index (χ3v) is 3.27. The van der Waals surface area contributed by atoms with Gasteiger partial charge in [-0.25, -0.2) is 4.98 Å². The Balaban J connectivity index is 2.15. The maximum absolute atomic E-state index is 10.4. The first-order valence-electron chi connectivity index (χ1n) is 6.86. The number of aliphatic hydroxyl groups excluding tert-OH is 1. The van der Waals surface area contributed by atoms with E-state index >= 15 is 0 Å². The molecule has 5 nitrogen and oxygen atoms in total. The molecule has 0 bridgehead atoms. The van der Waals surface area contributed by atoms with Crippen LogP contribution in [0.3, 0.4) is 0 Å². The molecule has 1 atom stereocenters. The molecule has 1 unspecified atom stereocenters. The summed E-state index contributed by atoms with van der Waals surface area (Å²) in [6, 6.07) is 0. The van der Waals surface area contributed by atoms with Gasteiger partial charge in [-0.3, -0.25) is 4.68 Å². The highest BCUT2D eigenvalue weighted by molar-refractivity contribution is 5.21. The Labute approximate surface area is 113 Å². The van der Waals surface area contributed by atoms with Gasteiger partial charge in [-0.2, -0.15) is 5.10 Å². The van der Waals surface area contributed by atoms with E-state index < -0.39 is 6.10 Å². The van der Waals surface area contributed by atoms with Crippen LogP contribution in [0.2, 0.25) is 0 Å². The molecule has 1 N–H and O–H groups in total. The average Bonchev–Trinajstić information content (AvgIpc) is 2.97. The summed E-state index contributed by atoms with van der Waals surface area (Å²) in [7, 11) is 1.88. The summed E-state index contributed by atoms with van der Waals surface area (Å²) in [5.74, 6) is 0.931. The van der Waals surface area contributed by atoms with Gasteiger partial charge < -0.3 is 9.67 Å². The van der Waals surface area contributed by atoms with Crippen LogP contribution in [0, 0.1) is 0 Å². The van der Waals surface area contributed by atoms with Crippen molar-refractivity contribution in [1.82, 2.24) is 19.3 Å². The van der Waals surface area contributed by atoms with Gasteiger partial charge in [0.15, 0.2) is 0 Å². The van der Waals surface area contributed by atoms with Crippen molar-refractivity contribution >= 4 is 0 Å². The van der Waals surface area contributed by atoms with Crippen molar-refractivity contribution in [2.45, 2.75) is 45.8 Å². The lowest BCUT2D eigenvalue weighted by molar-refractivity contribution is 0.173. The van der Waals surface area contributed by atoms with Crippen molar-refractivity contribution in [2.75, 3.05) is 0 Å². The number of aromatic nitrogens is 4. The second-order valence-electron chi connectivity index (χ2n) is 4.82. The standard InChI is InChI=1S/C14H22N4O/c1-4-7-18-8-6-15-14(18)9-13(19)11-10-17(3)16-12(11)5-2/h6,8,10,13,19H,4-5,7,9H2,1-3H3. The molecule has 0 spiro atoms. The molecule has 2 rings (SSSR count). The van der Waals surface area contributed by atoms with Gasteiger partial charge in [-0.15, -0.1) is 0 Å². The van der Waals surface area contributed by atoms with Crippen molar-refractivity contribution in [2.24, 2.45) is 7.05 Å². The molecule has 0 fully saturated rings. The molecular formula is C14H22N4O. The molecular weight excluding hydrogens is 240 g/mol. The number of nitrogens with zero attached hydrogens (tertiary/aromatic N) is 4. The number of hydrogen-bond donors (Lipinski definition) is 1. The molecule has 0 aromatic carbocycles. The molecule has 104 valence electrons. The molecule has 0 aliphatic heterocycles. The van der Waals surface area contributed by atoms with Gasteiger partial charge >= 0.3 is 0 Å². The maximum atomic E-state index is 10.4. The predicted molar refractivity (Wildman–Crippen MR) is 73.8 cm³/mol. The zero-order chi connectivity index (χ0) is 13.8. The number of imidazole rings is 1. The predicted octanol–water partition coefficient (Wildman–Crippen LogP) is 1.87. The Morgan fingerprint density at radius 3 is 2.84 bits per heavy atom. The summed E-state index contributed by atoms with van der Waals surface area (Å²) in [5, 5.41) is 14.8. The average molecular weight is 262 g/mol. The van der Waals surface area contributed by atoms with Gasteiger partial charge in [0.05, 0.1) is 11.8 Å². The molecule has 0 amide bonds. The quantitative estimate of drug-likeness (QED) is 0.864. The van der Waals surface area contributed by atoms with E-state index in [2.05, 4.69) is 28.5 Å². The SMILES string of the molecule is CCCn1ccnc1CC(O)c1cn(C)nc1CC. The van der Waals surface area contributed by atoms with Crippen LogP contribution in [-0.4, -0.2) is 24.4 Å². The molecule has 0 saturated heterocycles. The maximum Gasteiger partial charge on any atom is 0.111 e. The molecule has 2 aromatic heterocycles. The van der Waals surface area contributed by atoms with Crippen LogP contribution >= 0.6 is 0 Å².